The molecule has 0 amide bonds. The van der Waals surface area contributed by atoms with Gasteiger partial charge in [0.2, 0.25) is 0 Å². The summed E-state index contributed by atoms with van der Waals surface area (Å²) in [4.78, 5) is 3.84. The van der Waals surface area contributed by atoms with Gasteiger partial charge < -0.3 is 16.6 Å². The molecule has 0 spiro atoms. The van der Waals surface area contributed by atoms with E-state index in [2.05, 4.69) is 4.98 Å². The first kappa shape index (κ1) is 10.2. The number of aromatic nitrogens is 1. The zero-order valence-corrected chi connectivity index (χ0v) is 8.04. The zero-order chi connectivity index (χ0) is 10.1. The Balaban J connectivity index is 3.20. The second kappa shape index (κ2) is 3.49. The molecule has 0 aromatic carbocycles. The van der Waals surface area contributed by atoms with E-state index >= 15 is 0 Å². The van der Waals surface area contributed by atoms with Gasteiger partial charge in [0, 0.05) is 5.56 Å². The molecule has 1 aromatic heterocycles. The summed E-state index contributed by atoms with van der Waals surface area (Å²) in [7, 11) is 0. The van der Waals surface area contributed by atoms with E-state index in [9.17, 15) is 0 Å². The summed E-state index contributed by atoms with van der Waals surface area (Å²) in [5, 5.41) is 9.28. The standard InChI is InChI=1S/C8H12ClN3O/c1-8(11,4-13)6-2-5(10)3-12-7(6)9/h2-3,13H,4,10-11H2,1H3/t8-/m1/s1. The van der Waals surface area contributed by atoms with Crippen LogP contribution in [0.1, 0.15) is 12.5 Å². The lowest BCUT2D eigenvalue weighted by Crippen LogP contribution is -2.37. The molecule has 0 aliphatic heterocycles. The summed E-state index contributed by atoms with van der Waals surface area (Å²) >= 11 is 5.80. The highest BCUT2D eigenvalue weighted by Gasteiger charge is 2.23. The van der Waals surface area contributed by atoms with E-state index in [1.807, 2.05) is 0 Å². The molecule has 0 aliphatic rings. The summed E-state index contributed by atoms with van der Waals surface area (Å²) < 4.78 is 0. The average Bonchev–Trinajstić information content (AvgIpc) is 2.09. The smallest absolute Gasteiger partial charge is 0.134 e. The van der Waals surface area contributed by atoms with Crippen LogP contribution in [0.4, 0.5) is 5.69 Å². The molecule has 5 N–H and O–H groups in total. The van der Waals surface area contributed by atoms with Crippen LogP contribution >= 0.6 is 11.6 Å². The summed E-state index contributed by atoms with van der Waals surface area (Å²) in [6.07, 6.45) is 1.44. The van der Waals surface area contributed by atoms with Crippen LogP contribution in [0.5, 0.6) is 0 Å². The van der Waals surface area contributed by atoms with Crippen molar-refractivity contribution < 1.29 is 5.11 Å². The van der Waals surface area contributed by atoms with Gasteiger partial charge in [0.25, 0.3) is 0 Å². The average molecular weight is 202 g/mol. The minimum atomic E-state index is -0.903. The van der Waals surface area contributed by atoms with Crippen molar-refractivity contribution in [3.05, 3.63) is 23.0 Å². The number of hydrogen-bond donors (Lipinski definition) is 3. The Hall–Kier alpha value is -0.840. The summed E-state index contributed by atoms with van der Waals surface area (Å²) in [5.74, 6) is 0. The van der Waals surface area contributed by atoms with Crippen LogP contribution in [0.3, 0.4) is 0 Å². The van der Waals surface area contributed by atoms with E-state index in [0.717, 1.165) is 0 Å². The van der Waals surface area contributed by atoms with Gasteiger partial charge in [0.15, 0.2) is 0 Å². The maximum Gasteiger partial charge on any atom is 0.134 e. The van der Waals surface area contributed by atoms with Gasteiger partial charge >= 0.3 is 0 Å². The number of hydrogen-bond acceptors (Lipinski definition) is 4. The first-order valence-electron chi connectivity index (χ1n) is 3.78. The monoisotopic (exact) mass is 201 g/mol. The topological polar surface area (TPSA) is 85.2 Å². The lowest BCUT2D eigenvalue weighted by atomic mass is 9.96. The third-order valence-corrected chi connectivity index (χ3v) is 2.11. The van der Waals surface area contributed by atoms with Gasteiger partial charge in [0.05, 0.1) is 24.0 Å². The largest absolute Gasteiger partial charge is 0.397 e. The van der Waals surface area contributed by atoms with E-state index in [4.69, 9.17) is 28.2 Å². The van der Waals surface area contributed by atoms with Crippen LogP contribution in [0.25, 0.3) is 0 Å². The van der Waals surface area contributed by atoms with Crippen molar-refractivity contribution in [2.45, 2.75) is 12.5 Å². The summed E-state index contributed by atoms with van der Waals surface area (Å²) in [5.41, 5.74) is 11.4. The SMILES string of the molecule is C[C@@](N)(CO)c1cc(N)cnc1Cl. The molecule has 0 unspecified atom stereocenters. The summed E-state index contributed by atoms with van der Waals surface area (Å²) in [6, 6.07) is 1.62. The molecule has 4 nitrogen and oxygen atoms in total. The van der Waals surface area contributed by atoms with E-state index < -0.39 is 5.54 Å². The van der Waals surface area contributed by atoms with Gasteiger partial charge in [-0.3, -0.25) is 0 Å². The van der Waals surface area contributed by atoms with Crippen molar-refractivity contribution in [2.75, 3.05) is 12.3 Å². The molecule has 5 heteroatoms. The first-order chi connectivity index (χ1) is 5.97. The highest BCUT2D eigenvalue weighted by atomic mass is 35.5. The van der Waals surface area contributed by atoms with Crippen molar-refractivity contribution in [2.24, 2.45) is 5.73 Å². The molecule has 0 aliphatic carbocycles. The van der Waals surface area contributed by atoms with Crippen LogP contribution in [-0.2, 0) is 5.54 Å². The van der Waals surface area contributed by atoms with Gasteiger partial charge in [-0.25, -0.2) is 4.98 Å². The molecule has 1 atom stereocenters. The number of aliphatic hydroxyl groups excluding tert-OH is 1. The maximum atomic E-state index is 9.01. The number of aliphatic hydroxyl groups is 1. The molecule has 0 saturated heterocycles. The quantitative estimate of drug-likeness (QED) is 0.608. The second-order valence-electron chi connectivity index (χ2n) is 3.18. The highest BCUT2D eigenvalue weighted by molar-refractivity contribution is 6.30. The molecule has 1 rings (SSSR count). The normalized spacial score (nSPS) is 15.4. The Morgan fingerprint density at radius 3 is 2.85 bits per heavy atom. The summed E-state index contributed by atoms with van der Waals surface area (Å²) in [6.45, 7) is 1.45. The Kier molecular flexibility index (Phi) is 2.75. The predicted molar refractivity (Wildman–Crippen MR) is 52.3 cm³/mol. The Morgan fingerprint density at radius 1 is 1.69 bits per heavy atom. The van der Waals surface area contributed by atoms with Crippen LogP contribution in [-0.4, -0.2) is 16.7 Å². The van der Waals surface area contributed by atoms with Gasteiger partial charge in [-0.05, 0) is 13.0 Å². The van der Waals surface area contributed by atoms with Crippen LogP contribution < -0.4 is 11.5 Å². The third kappa shape index (κ3) is 2.09. The van der Waals surface area contributed by atoms with E-state index in [-0.39, 0.29) is 11.8 Å². The van der Waals surface area contributed by atoms with Crippen LogP contribution in [0, 0.1) is 0 Å². The number of pyridine rings is 1. The molecule has 1 heterocycles. The van der Waals surface area contributed by atoms with E-state index in [1.165, 1.54) is 6.20 Å². The number of rotatable bonds is 2. The molecule has 0 fully saturated rings. The lowest BCUT2D eigenvalue weighted by Gasteiger charge is -2.22. The first-order valence-corrected chi connectivity index (χ1v) is 4.16. The highest BCUT2D eigenvalue weighted by Crippen LogP contribution is 2.25. The molecular weight excluding hydrogens is 190 g/mol. The molecule has 13 heavy (non-hydrogen) atoms. The van der Waals surface area contributed by atoms with Crippen molar-refractivity contribution in [3.63, 3.8) is 0 Å². The Morgan fingerprint density at radius 2 is 2.31 bits per heavy atom. The van der Waals surface area contributed by atoms with Crippen LogP contribution in [0.15, 0.2) is 12.3 Å². The fraction of sp³-hybridized carbons (Fsp3) is 0.375. The maximum absolute atomic E-state index is 9.01. The third-order valence-electron chi connectivity index (χ3n) is 1.80. The van der Waals surface area contributed by atoms with Gasteiger partial charge in [-0.2, -0.15) is 0 Å². The molecule has 72 valence electrons. The number of anilines is 1. The number of nitrogens with zero attached hydrogens (tertiary/aromatic N) is 1. The van der Waals surface area contributed by atoms with Crippen molar-refractivity contribution >= 4 is 17.3 Å². The molecule has 0 radical (unpaired) electrons. The molecular formula is C8H12ClN3O. The van der Waals surface area contributed by atoms with E-state index in [0.29, 0.717) is 11.3 Å². The lowest BCUT2D eigenvalue weighted by molar-refractivity contribution is 0.210. The molecule has 1 aromatic rings. The van der Waals surface area contributed by atoms with Crippen molar-refractivity contribution in [3.8, 4) is 0 Å². The molecule has 0 saturated carbocycles. The van der Waals surface area contributed by atoms with Crippen molar-refractivity contribution in [1.29, 1.82) is 0 Å². The van der Waals surface area contributed by atoms with E-state index in [1.54, 1.807) is 13.0 Å². The van der Waals surface area contributed by atoms with Gasteiger partial charge in [-0.1, -0.05) is 11.6 Å². The fourth-order valence-corrected chi connectivity index (χ4v) is 1.27. The minimum Gasteiger partial charge on any atom is -0.397 e. The zero-order valence-electron chi connectivity index (χ0n) is 7.29. The Bertz CT molecular complexity index is 314. The number of nitrogen functional groups attached to an aromatic ring is 1. The minimum absolute atomic E-state index is 0.210. The second-order valence-corrected chi connectivity index (χ2v) is 3.54. The fourth-order valence-electron chi connectivity index (χ4n) is 0.950. The predicted octanol–water partition coefficient (Wildman–Crippen LogP) is 0.483. The number of halogens is 1. The van der Waals surface area contributed by atoms with Crippen LogP contribution in [0.2, 0.25) is 5.15 Å². The Labute approximate surface area is 81.5 Å². The van der Waals surface area contributed by atoms with Crippen molar-refractivity contribution in [1.82, 2.24) is 4.98 Å². The number of nitrogens with two attached hydrogens (primary N) is 2. The van der Waals surface area contributed by atoms with Gasteiger partial charge in [-0.15, -0.1) is 0 Å². The molecule has 0 bridgehead atoms. The van der Waals surface area contributed by atoms with Gasteiger partial charge in [0.1, 0.15) is 5.15 Å².